The first-order chi connectivity index (χ1) is 13.4. The zero-order valence-electron chi connectivity index (χ0n) is 17.0. The van der Waals surface area contributed by atoms with Crippen LogP contribution in [0.25, 0.3) is 0 Å². The predicted octanol–water partition coefficient (Wildman–Crippen LogP) is 3.07. The smallest absolute Gasteiger partial charge is 0.234 e. The molecule has 1 saturated carbocycles. The van der Waals surface area contributed by atoms with E-state index in [-0.39, 0.29) is 17.4 Å². The average molecular weight is 383 g/mol. The van der Waals surface area contributed by atoms with Crippen LogP contribution in [0.5, 0.6) is 0 Å². The largest absolute Gasteiger partial charge is 0.353 e. The third-order valence-electron chi connectivity index (χ3n) is 6.11. The van der Waals surface area contributed by atoms with Gasteiger partial charge >= 0.3 is 0 Å². The van der Waals surface area contributed by atoms with E-state index in [1.807, 2.05) is 6.92 Å². The molecule has 3 unspecified atom stereocenters. The molecule has 2 aromatic rings. The van der Waals surface area contributed by atoms with Gasteiger partial charge < -0.3 is 9.84 Å². The lowest BCUT2D eigenvalue weighted by Crippen LogP contribution is -2.38. The van der Waals surface area contributed by atoms with Gasteiger partial charge in [-0.15, -0.1) is 0 Å². The molecule has 2 heterocycles. The number of fused-ring (bicyclic) bond motifs is 1. The fourth-order valence-corrected chi connectivity index (χ4v) is 5.04. The average Bonchev–Trinajstić information content (AvgIpc) is 3.28. The van der Waals surface area contributed by atoms with Crippen LogP contribution in [0, 0.1) is 18.8 Å². The molecule has 28 heavy (non-hydrogen) atoms. The molecular weight excluding hydrogens is 352 g/mol. The van der Waals surface area contributed by atoms with Crippen molar-refractivity contribution in [3.63, 3.8) is 0 Å². The zero-order valence-corrected chi connectivity index (χ0v) is 17.0. The van der Waals surface area contributed by atoms with Gasteiger partial charge in [-0.3, -0.25) is 9.69 Å². The first-order valence-electron chi connectivity index (χ1n) is 10.3. The van der Waals surface area contributed by atoms with Crippen molar-refractivity contribution >= 4 is 5.91 Å². The fourth-order valence-electron chi connectivity index (χ4n) is 5.04. The van der Waals surface area contributed by atoms with Crippen LogP contribution in [0.3, 0.4) is 0 Å². The van der Waals surface area contributed by atoms with Crippen LogP contribution < -0.4 is 5.32 Å². The van der Waals surface area contributed by atoms with Crippen LogP contribution in [0.4, 0.5) is 0 Å². The van der Waals surface area contributed by atoms with Crippen molar-refractivity contribution in [3.05, 3.63) is 47.6 Å². The van der Waals surface area contributed by atoms with Crippen molar-refractivity contribution in [1.29, 1.82) is 0 Å². The Bertz CT molecular complexity index is 819. The van der Waals surface area contributed by atoms with Crippen molar-refractivity contribution in [2.45, 2.75) is 58.0 Å². The molecule has 4 rings (SSSR count). The predicted molar refractivity (Wildman–Crippen MR) is 107 cm³/mol. The Labute approximate surface area is 166 Å². The highest BCUT2D eigenvalue weighted by Gasteiger charge is 2.57. The minimum Gasteiger partial charge on any atom is -0.353 e. The van der Waals surface area contributed by atoms with E-state index in [2.05, 4.69) is 64.5 Å². The van der Waals surface area contributed by atoms with Gasteiger partial charge in [-0.25, -0.2) is 0 Å². The summed E-state index contributed by atoms with van der Waals surface area (Å²) in [6.45, 7) is 8.83. The number of carbonyl (C=O) groups excluding carboxylic acids is 1. The van der Waals surface area contributed by atoms with E-state index in [4.69, 9.17) is 4.52 Å². The molecule has 1 aliphatic carbocycles. The lowest BCUT2D eigenvalue weighted by atomic mass is 9.80. The number of nitrogens with one attached hydrogen (secondary N) is 1. The third-order valence-corrected chi connectivity index (χ3v) is 6.11. The summed E-state index contributed by atoms with van der Waals surface area (Å²) >= 11 is 0. The molecule has 0 bridgehead atoms. The van der Waals surface area contributed by atoms with E-state index in [1.165, 1.54) is 5.56 Å². The second-order valence-corrected chi connectivity index (χ2v) is 8.96. The van der Waals surface area contributed by atoms with Crippen molar-refractivity contribution in [2.24, 2.45) is 11.8 Å². The van der Waals surface area contributed by atoms with Gasteiger partial charge in [0, 0.05) is 32.1 Å². The van der Waals surface area contributed by atoms with Gasteiger partial charge in [0.1, 0.15) is 0 Å². The number of hydrogen-bond acceptors (Lipinski definition) is 5. The van der Waals surface area contributed by atoms with Gasteiger partial charge in [0.25, 0.3) is 0 Å². The zero-order chi connectivity index (χ0) is 19.7. The third kappa shape index (κ3) is 3.83. The van der Waals surface area contributed by atoms with E-state index in [0.717, 1.165) is 38.4 Å². The summed E-state index contributed by atoms with van der Waals surface area (Å²) in [5.41, 5.74) is 1.16. The summed E-state index contributed by atoms with van der Waals surface area (Å²) in [4.78, 5) is 19.4. The van der Waals surface area contributed by atoms with Gasteiger partial charge in [0.05, 0.1) is 5.41 Å². The highest BCUT2D eigenvalue weighted by molar-refractivity contribution is 5.76. The number of aromatic nitrogens is 2. The molecule has 2 fully saturated rings. The molecule has 3 atom stereocenters. The normalized spacial score (nSPS) is 27.3. The molecule has 1 aliphatic heterocycles. The molecule has 6 heteroatoms. The minimum absolute atomic E-state index is 0.151. The van der Waals surface area contributed by atoms with Crippen LogP contribution in [0.15, 0.2) is 34.9 Å². The fraction of sp³-hybridized carbons (Fsp3) is 0.591. The number of rotatable bonds is 6. The van der Waals surface area contributed by atoms with Crippen LogP contribution in [-0.2, 0) is 16.8 Å². The van der Waals surface area contributed by atoms with E-state index >= 15 is 0 Å². The van der Waals surface area contributed by atoms with Gasteiger partial charge in [-0.05, 0) is 37.2 Å². The maximum Gasteiger partial charge on any atom is 0.234 e. The Morgan fingerprint density at radius 2 is 2.14 bits per heavy atom. The summed E-state index contributed by atoms with van der Waals surface area (Å²) in [7, 11) is 0. The monoisotopic (exact) mass is 382 g/mol. The van der Waals surface area contributed by atoms with Gasteiger partial charge in [-0.2, -0.15) is 4.98 Å². The molecular formula is C22H30N4O2. The Morgan fingerprint density at radius 1 is 1.36 bits per heavy atom. The number of amides is 1. The van der Waals surface area contributed by atoms with Gasteiger partial charge in [-0.1, -0.05) is 49.3 Å². The summed E-state index contributed by atoms with van der Waals surface area (Å²) in [6.07, 6.45) is 2.42. The number of aryl methyl sites for hydroxylation is 1. The minimum atomic E-state index is -0.161. The Kier molecular flexibility index (Phi) is 5.23. The standard InChI is InChI=1S/C22H30N4O2/c1-15(2)9-20(27)24-19-10-18-13-26(12-17-7-5-4-6-8-17)14-22(18,11-19)21-23-16(3)25-28-21/h4-8,15,18-19H,9-14H2,1-3H3,(H,24,27). The first kappa shape index (κ1) is 19.1. The summed E-state index contributed by atoms with van der Waals surface area (Å²) in [5, 5.41) is 7.32. The highest BCUT2D eigenvalue weighted by atomic mass is 16.5. The highest BCUT2D eigenvalue weighted by Crippen LogP contribution is 2.50. The van der Waals surface area contributed by atoms with E-state index in [0.29, 0.717) is 24.1 Å². The van der Waals surface area contributed by atoms with Gasteiger partial charge in [0.2, 0.25) is 11.8 Å². The molecule has 2 aliphatic rings. The second kappa shape index (κ2) is 7.66. The summed E-state index contributed by atoms with van der Waals surface area (Å²) in [6, 6.07) is 10.8. The molecule has 0 radical (unpaired) electrons. The maximum atomic E-state index is 12.3. The summed E-state index contributed by atoms with van der Waals surface area (Å²) < 4.78 is 5.67. The molecule has 1 saturated heterocycles. The van der Waals surface area contributed by atoms with Crippen molar-refractivity contribution in [1.82, 2.24) is 20.4 Å². The SMILES string of the molecule is Cc1noc(C23CC(NC(=O)CC(C)C)CC2CN(Cc2ccccc2)C3)n1. The molecule has 1 amide bonds. The molecule has 150 valence electrons. The topological polar surface area (TPSA) is 71.3 Å². The Balaban J connectivity index is 1.51. The lowest BCUT2D eigenvalue weighted by Gasteiger charge is -2.25. The summed E-state index contributed by atoms with van der Waals surface area (Å²) in [5.74, 6) is 2.36. The maximum absolute atomic E-state index is 12.3. The van der Waals surface area contributed by atoms with Crippen LogP contribution >= 0.6 is 0 Å². The van der Waals surface area contributed by atoms with E-state index < -0.39 is 0 Å². The number of carbonyl (C=O) groups is 1. The molecule has 6 nitrogen and oxygen atoms in total. The second-order valence-electron chi connectivity index (χ2n) is 8.96. The number of likely N-dealkylation sites (tertiary alicyclic amines) is 1. The molecule has 1 aromatic carbocycles. The van der Waals surface area contributed by atoms with Crippen LogP contribution in [0.1, 0.15) is 50.4 Å². The van der Waals surface area contributed by atoms with Crippen LogP contribution in [-0.4, -0.2) is 40.1 Å². The van der Waals surface area contributed by atoms with E-state index in [9.17, 15) is 4.79 Å². The number of hydrogen-bond donors (Lipinski definition) is 1. The molecule has 1 N–H and O–H groups in total. The van der Waals surface area contributed by atoms with Crippen LogP contribution in [0.2, 0.25) is 0 Å². The first-order valence-corrected chi connectivity index (χ1v) is 10.3. The Morgan fingerprint density at radius 3 is 2.82 bits per heavy atom. The quantitative estimate of drug-likeness (QED) is 0.831. The Hall–Kier alpha value is -2.21. The van der Waals surface area contributed by atoms with Crippen molar-refractivity contribution < 1.29 is 9.32 Å². The van der Waals surface area contributed by atoms with Gasteiger partial charge in [0.15, 0.2) is 5.82 Å². The van der Waals surface area contributed by atoms with Crippen molar-refractivity contribution in [3.8, 4) is 0 Å². The van der Waals surface area contributed by atoms with E-state index in [1.54, 1.807) is 0 Å². The van der Waals surface area contributed by atoms with Crippen molar-refractivity contribution in [2.75, 3.05) is 13.1 Å². The molecule has 0 spiro atoms. The number of nitrogens with zero attached hydrogens (tertiary/aromatic N) is 3. The number of benzene rings is 1. The molecule has 1 aromatic heterocycles. The lowest BCUT2D eigenvalue weighted by molar-refractivity contribution is -0.122.